The molecule has 0 unspecified atom stereocenters. The van der Waals surface area contributed by atoms with Crippen molar-refractivity contribution in [3.8, 4) is 0 Å². The molecule has 0 bridgehead atoms. The maximum absolute atomic E-state index is 4.29. The summed E-state index contributed by atoms with van der Waals surface area (Å²) in [7, 11) is 0. The summed E-state index contributed by atoms with van der Waals surface area (Å²) in [5.41, 5.74) is 1.10. The first kappa shape index (κ1) is 9.36. The standard InChI is InChI=1S/C8H6Br2S/c9-8(10)5-6-3-1-2-4-7(6)11/h1-5,11H. The van der Waals surface area contributed by atoms with E-state index in [9.17, 15) is 0 Å². The molecule has 0 aromatic heterocycles. The zero-order valence-corrected chi connectivity index (χ0v) is 9.66. The molecule has 0 aliphatic heterocycles. The van der Waals surface area contributed by atoms with E-state index < -0.39 is 0 Å². The van der Waals surface area contributed by atoms with Crippen molar-refractivity contribution < 1.29 is 0 Å². The van der Waals surface area contributed by atoms with Crippen molar-refractivity contribution in [1.29, 1.82) is 0 Å². The van der Waals surface area contributed by atoms with Crippen LogP contribution in [0.25, 0.3) is 6.08 Å². The number of benzene rings is 1. The molecular formula is C8H6Br2S. The van der Waals surface area contributed by atoms with Gasteiger partial charge in [0.2, 0.25) is 0 Å². The second-order valence-electron chi connectivity index (χ2n) is 1.99. The Hall–Kier alpha value is 0.270. The smallest absolute Gasteiger partial charge is 0.0610 e. The lowest BCUT2D eigenvalue weighted by atomic mass is 10.2. The topological polar surface area (TPSA) is 0 Å². The number of hydrogen-bond acceptors (Lipinski definition) is 1. The molecule has 0 aliphatic carbocycles. The zero-order valence-electron chi connectivity index (χ0n) is 5.59. The van der Waals surface area contributed by atoms with Crippen molar-refractivity contribution in [2.24, 2.45) is 0 Å². The maximum atomic E-state index is 4.29. The van der Waals surface area contributed by atoms with Gasteiger partial charge in [0.15, 0.2) is 0 Å². The van der Waals surface area contributed by atoms with Crippen LogP contribution in [-0.4, -0.2) is 0 Å². The number of thiol groups is 1. The number of rotatable bonds is 1. The third-order valence-corrected chi connectivity index (χ3v) is 2.07. The lowest BCUT2D eigenvalue weighted by Crippen LogP contribution is -1.73. The Bertz CT molecular complexity index is 277. The minimum atomic E-state index is 0.923. The molecule has 0 N–H and O–H groups in total. The molecule has 0 spiro atoms. The highest BCUT2D eigenvalue weighted by atomic mass is 79.9. The Kier molecular flexibility index (Phi) is 3.69. The molecule has 0 fully saturated rings. The van der Waals surface area contributed by atoms with E-state index in [4.69, 9.17) is 0 Å². The summed E-state index contributed by atoms with van der Waals surface area (Å²) in [5.74, 6) is 0. The fraction of sp³-hybridized carbons (Fsp3) is 0. The van der Waals surface area contributed by atoms with E-state index in [1.807, 2.05) is 30.3 Å². The van der Waals surface area contributed by atoms with Crippen LogP contribution < -0.4 is 0 Å². The molecule has 0 saturated heterocycles. The third-order valence-electron chi connectivity index (χ3n) is 1.20. The lowest BCUT2D eigenvalue weighted by molar-refractivity contribution is 1.44. The number of halogens is 2. The normalized spacial score (nSPS) is 9.36. The third kappa shape index (κ3) is 3.01. The van der Waals surface area contributed by atoms with Crippen LogP contribution in [0.3, 0.4) is 0 Å². The van der Waals surface area contributed by atoms with E-state index in [2.05, 4.69) is 44.5 Å². The highest BCUT2D eigenvalue weighted by Gasteiger charge is 1.92. The highest BCUT2D eigenvalue weighted by Crippen LogP contribution is 2.21. The van der Waals surface area contributed by atoms with Crippen LogP contribution in [0.4, 0.5) is 0 Å². The minimum absolute atomic E-state index is 0.923. The largest absolute Gasteiger partial charge is 0.143 e. The lowest BCUT2D eigenvalue weighted by Gasteiger charge is -1.96. The second kappa shape index (κ2) is 4.33. The van der Waals surface area contributed by atoms with Gasteiger partial charge in [-0.05, 0) is 49.6 Å². The summed E-state index contributed by atoms with van der Waals surface area (Å²) >= 11 is 10.9. The average molecular weight is 294 g/mol. The van der Waals surface area contributed by atoms with Crippen molar-refractivity contribution in [2.75, 3.05) is 0 Å². The Morgan fingerprint density at radius 2 is 1.91 bits per heavy atom. The molecule has 1 aromatic carbocycles. The van der Waals surface area contributed by atoms with Gasteiger partial charge in [-0.15, -0.1) is 12.6 Å². The molecule has 0 radical (unpaired) electrons. The molecule has 0 atom stereocenters. The van der Waals surface area contributed by atoms with Gasteiger partial charge in [0.05, 0.1) is 3.39 Å². The molecule has 0 saturated carbocycles. The fourth-order valence-electron chi connectivity index (χ4n) is 0.727. The van der Waals surface area contributed by atoms with Gasteiger partial charge in [0.25, 0.3) is 0 Å². The predicted octanol–water partition coefficient (Wildman–Crippen LogP) is 4.06. The van der Waals surface area contributed by atoms with Gasteiger partial charge >= 0.3 is 0 Å². The molecule has 1 aromatic rings. The molecule has 58 valence electrons. The van der Waals surface area contributed by atoms with Gasteiger partial charge in [-0.3, -0.25) is 0 Å². The van der Waals surface area contributed by atoms with E-state index in [1.54, 1.807) is 0 Å². The SMILES string of the molecule is Sc1ccccc1C=C(Br)Br. The van der Waals surface area contributed by atoms with Crippen LogP contribution in [0.1, 0.15) is 5.56 Å². The summed E-state index contributed by atoms with van der Waals surface area (Å²) in [6.45, 7) is 0. The van der Waals surface area contributed by atoms with Crippen LogP contribution in [0.15, 0.2) is 32.6 Å². The Balaban J connectivity index is 3.04. The predicted molar refractivity (Wildman–Crippen MR) is 59.5 cm³/mol. The first-order chi connectivity index (χ1) is 5.20. The Morgan fingerprint density at radius 3 is 2.45 bits per heavy atom. The molecule has 0 aliphatic rings. The molecule has 0 nitrogen and oxygen atoms in total. The van der Waals surface area contributed by atoms with Gasteiger partial charge < -0.3 is 0 Å². The van der Waals surface area contributed by atoms with Crippen molar-refractivity contribution in [3.63, 3.8) is 0 Å². The molecule has 3 heteroatoms. The molecular weight excluding hydrogens is 288 g/mol. The van der Waals surface area contributed by atoms with Gasteiger partial charge in [0, 0.05) is 4.90 Å². The minimum Gasteiger partial charge on any atom is -0.143 e. The first-order valence-electron chi connectivity index (χ1n) is 3.01. The van der Waals surface area contributed by atoms with Gasteiger partial charge in [-0.1, -0.05) is 18.2 Å². The molecule has 11 heavy (non-hydrogen) atoms. The van der Waals surface area contributed by atoms with Crippen LogP contribution in [0, 0.1) is 0 Å². The molecule has 1 rings (SSSR count). The summed E-state index contributed by atoms with van der Waals surface area (Å²) in [6.07, 6.45) is 1.96. The fourth-order valence-corrected chi connectivity index (χ4v) is 1.45. The van der Waals surface area contributed by atoms with Crippen LogP contribution in [0.2, 0.25) is 0 Å². The van der Waals surface area contributed by atoms with Crippen molar-refractivity contribution >= 4 is 50.6 Å². The zero-order chi connectivity index (χ0) is 8.27. The first-order valence-corrected chi connectivity index (χ1v) is 5.04. The highest BCUT2D eigenvalue weighted by molar-refractivity contribution is 9.28. The maximum Gasteiger partial charge on any atom is 0.0610 e. The number of hydrogen-bond donors (Lipinski definition) is 1. The van der Waals surface area contributed by atoms with E-state index in [-0.39, 0.29) is 0 Å². The second-order valence-corrected chi connectivity index (χ2v) is 5.25. The van der Waals surface area contributed by atoms with E-state index in [1.165, 1.54) is 0 Å². The van der Waals surface area contributed by atoms with Crippen LogP contribution >= 0.6 is 44.5 Å². The van der Waals surface area contributed by atoms with Crippen LogP contribution in [0.5, 0.6) is 0 Å². The summed E-state index contributed by atoms with van der Waals surface area (Å²) in [6, 6.07) is 7.90. The van der Waals surface area contributed by atoms with Crippen molar-refractivity contribution in [1.82, 2.24) is 0 Å². The van der Waals surface area contributed by atoms with E-state index >= 15 is 0 Å². The summed E-state index contributed by atoms with van der Waals surface area (Å²) < 4.78 is 0.923. The van der Waals surface area contributed by atoms with E-state index in [0.717, 1.165) is 13.9 Å². The Morgan fingerprint density at radius 1 is 1.27 bits per heavy atom. The summed E-state index contributed by atoms with van der Waals surface area (Å²) in [5, 5.41) is 0. The molecule has 0 heterocycles. The van der Waals surface area contributed by atoms with Gasteiger partial charge in [0.1, 0.15) is 0 Å². The van der Waals surface area contributed by atoms with Crippen molar-refractivity contribution in [2.45, 2.75) is 4.90 Å². The molecule has 0 amide bonds. The van der Waals surface area contributed by atoms with Gasteiger partial charge in [-0.25, -0.2) is 0 Å². The quantitative estimate of drug-likeness (QED) is 0.742. The monoisotopic (exact) mass is 292 g/mol. The van der Waals surface area contributed by atoms with E-state index in [0.29, 0.717) is 0 Å². The Labute approximate surface area is 88.4 Å². The average Bonchev–Trinajstić information content (AvgIpc) is 1.93. The van der Waals surface area contributed by atoms with Crippen molar-refractivity contribution in [3.05, 3.63) is 33.2 Å². The summed E-state index contributed by atoms with van der Waals surface area (Å²) in [4.78, 5) is 0.976. The van der Waals surface area contributed by atoms with Gasteiger partial charge in [-0.2, -0.15) is 0 Å². The van der Waals surface area contributed by atoms with Crippen LogP contribution in [-0.2, 0) is 0 Å².